The Hall–Kier alpha value is -2.03. The molecule has 0 aliphatic heterocycles. The zero-order valence-electron chi connectivity index (χ0n) is 11.1. The zero-order valence-corrected chi connectivity index (χ0v) is 11.1. The van der Waals surface area contributed by atoms with Gasteiger partial charge in [0.05, 0.1) is 6.61 Å². The van der Waals surface area contributed by atoms with Crippen LogP contribution in [0.1, 0.15) is 19.8 Å². The molecular weight excluding hydrogens is 240 g/mol. The van der Waals surface area contributed by atoms with Gasteiger partial charge in [-0.15, -0.1) is 0 Å². The Morgan fingerprint density at radius 1 is 1.11 bits per heavy atom. The number of ether oxygens (including phenoxy) is 2. The average Bonchev–Trinajstić information content (AvgIpc) is 2.45. The fraction of sp³-hybridized carbons (Fsp3) is 0.312. The van der Waals surface area contributed by atoms with Crippen molar-refractivity contribution in [2.75, 3.05) is 13.2 Å². The molecule has 0 aromatic heterocycles. The number of benzene rings is 2. The smallest absolute Gasteiger partial charge is 0.344 e. The molecule has 19 heavy (non-hydrogen) atoms. The predicted molar refractivity (Wildman–Crippen MR) is 75.3 cm³/mol. The first-order chi connectivity index (χ1) is 9.29. The maximum Gasteiger partial charge on any atom is 0.344 e. The molecule has 0 saturated carbocycles. The van der Waals surface area contributed by atoms with Crippen LogP contribution in [0.2, 0.25) is 0 Å². The summed E-state index contributed by atoms with van der Waals surface area (Å²) in [7, 11) is 0. The summed E-state index contributed by atoms with van der Waals surface area (Å²) in [6.07, 6.45) is 1.90. The SMILES string of the molecule is CCCCOC(=O)COc1ccc2ccccc2c1. The second kappa shape index (κ2) is 6.78. The molecule has 0 radical (unpaired) electrons. The number of esters is 1. The Kier molecular flexibility index (Phi) is 4.78. The molecule has 0 aliphatic carbocycles. The first-order valence-corrected chi connectivity index (χ1v) is 6.57. The molecule has 0 aliphatic rings. The topological polar surface area (TPSA) is 35.5 Å². The Morgan fingerprint density at radius 2 is 1.89 bits per heavy atom. The van der Waals surface area contributed by atoms with Gasteiger partial charge in [-0.2, -0.15) is 0 Å². The van der Waals surface area contributed by atoms with Crippen LogP contribution in [0.15, 0.2) is 42.5 Å². The van der Waals surface area contributed by atoms with Crippen LogP contribution in [0.25, 0.3) is 10.8 Å². The summed E-state index contributed by atoms with van der Waals surface area (Å²) in [4.78, 5) is 11.4. The van der Waals surface area contributed by atoms with Crippen LogP contribution >= 0.6 is 0 Å². The molecule has 0 amide bonds. The molecule has 0 heterocycles. The Morgan fingerprint density at radius 3 is 2.68 bits per heavy atom. The van der Waals surface area contributed by atoms with Crippen LogP contribution in [0.3, 0.4) is 0 Å². The number of hydrogen-bond donors (Lipinski definition) is 0. The molecule has 0 bridgehead atoms. The van der Waals surface area contributed by atoms with Crippen LogP contribution in [0.4, 0.5) is 0 Å². The van der Waals surface area contributed by atoms with Crippen molar-refractivity contribution in [2.24, 2.45) is 0 Å². The molecule has 3 heteroatoms. The predicted octanol–water partition coefficient (Wildman–Crippen LogP) is 3.56. The number of rotatable bonds is 6. The first kappa shape index (κ1) is 13.4. The highest BCUT2D eigenvalue weighted by Gasteiger charge is 2.04. The molecular formula is C16H18O3. The number of hydrogen-bond acceptors (Lipinski definition) is 3. The van der Waals surface area contributed by atoms with E-state index in [9.17, 15) is 4.79 Å². The van der Waals surface area contributed by atoms with Gasteiger partial charge in [0.1, 0.15) is 5.75 Å². The van der Waals surface area contributed by atoms with Crippen LogP contribution in [0.5, 0.6) is 5.75 Å². The van der Waals surface area contributed by atoms with Crippen molar-refractivity contribution in [1.82, 2.24) is 0 Å². The first-order valence-electron chi connectivity index (χ1n) is 6.57. The lowest BCUT2D eigenvalue weighted by molar-refractivity contribution is -0.146. The lowest BCUT2D eigenvalue weighted by Crippen LogP contribution is -2.15. The summed E-state index contributed by atoms with van der Waals surface area (Å²) in [6, 6.07) is 13.8. The van der Waals surface area contributed by atoms with Crippen molar-refractivity contribution in [2.45, 2.75) is 19.8 Å². The van der Waals surface area contributed by atoms with Crippen molar-refractivity contribution in [3.8, 4) is 5.75 Å². The highest BCUT2D eigenvalue weighted by atomic mass is 16.6. The van der Waals surface area contributed by atoms with E-state index in [4.69, 9.17) is 9.47 Å². The molecule has 0 unspecified atom stereocenters. The highest BCUT2D eigenvalue weighted by molar-refractivity contribution is 5.83. The summed E-state index contributed by atoms with van der Waals surface area (Å²) in [5.74, 6) is 0.368. The maximum atomic E-state index is 11.4. The zero-order chi connectivity index (χ0) is 13.5. The van der Waals surface area contributed by atoms with Crippen molar-refractivity contribution < 1.29 is 14.3 Å². The van der Waals surface area contributed by atoms with E-state index in [1.807, 2.05) is 42.5 Å². The van der Waals surface area contributed by atoms with E-state index in [1.165, 1.54) is 0 Å². The molecule has 100 valence electrons. The second-order valence-electron chi connectivity index (χ2n) is 4.37. The van der Waals surface area contributed by atoms with E-state index >= 15 is 0 Å². The number of carbonyl (C=O) groups excluding carboxylic acids is 1. The minimum Gasteiger partial charge on any atom is -0.482 e. The van der Waals surface area contributed by atoms with Gasteiger partial charge >= 0.3 is 5.97 Å². The van der Waals surface area contributed by atoms with Crippen molar-refractivity contribution in [3.05, 3.63) is 42.5 Å². The van der Waals surface area contributed by atoms with Gasteiger partial charge in [-0.3, -0.25) is 0 Å². The molecule has 2 rings (SSSR count). The maximum absolute atomic E-state index is 11.4. The van der Waals surface area contributed by atoms with Crippen molar-refractivity contribution >= 4 is 16.7 Å². The molecule has 0 spiro atoms. The van der Waals surface area contributed by atoms with E-state index < -0.39 is 0 Å². The van der Waals surface area contributed by atoms with E-state index in [0.29, 0.717) is 12.4 Å². The number of carbonyl (C=O) groups is 1. The second-order valence-corrected chi connectivity index (χ2v) is 4.37. The van der Waals surface area contributed by atoms with Crippen LogP contribution in [-0.2, 0) is 9.53 Å². The monoisotopic (exact) mass is 258 g/mol. The van der Waals surface area contributed by atoms with Gasteiger partial charge in [-0.25, -0.2) is 4.79 Å². The highest BCUT2D eigenvalue weighted by Crippen LogP contribution is 2.20. The molecule has 2 aromatic rings. The summed E-state index contributed by atoms with van der Waals surface area (Å²) < 4.78 is 10.5. The van der Waals surface area contributed by atoms with E-state index in [1.54, 1.807) is 0 Å². The normalized spacial score (nSPS) is 10.4. The van der Waals surface area contributed by atoms with Crippen molar-refractivity contribution in [1.29, 1.82) is 0 Å². The van der Waals surface area contributed by atoms with E-state index in [0.717, 1.165) is 23.6 Å². The third kappa shape index (κ3) is 3.98. The Balaban J connectivity index is 1.89. The van der Waals surface area contributed by atoms with Gasteiger partial charge < -0.3 is 9.47 Å². The van der Waals surface area contributed by atoms with E-state index in [-0.39, 0.29) is 12.6 Å². The molecule has 0 fully saturated rings. The summed E-state index contributed by atoms with van der Waals surface area (Å²) in [5.41, 5.74) is 0. The fourth-order valence-corrected chi connectivity index (χ4v) is 1.77. The fourth-order valence-electron chi connectivity index (χ4n) is 1.77. The van der Waals surface area contributed by atoms with E-state index in [2.05, 4.69) is 6.92 Å². The standard InChI is InChI=1S/C16H18O3/c1-2-3-10-18-16(17)12-19-15-9-8-13-6-4-5-7-14(13)11-15/h4-9,11H,2-3,10,12H2,1H3. The lowest BCUT2D eigenvalue weighted by atomic mass is 10.1. The lowest BCUT2D eigenvalue weighted by Gasteiger charge is -2.07. The molecule has 0 atom stereocenters. The number of fused-ring (bicyclic) bond motifs is 1. The van der Waals surface area contributed by atoms with Gasteiger partial charge in [0.25, 0.3) is 0 Å². The quantitative estimate of drug-likeness (QED) is 0.587. The third-order valence-electron chi connectivity index (χ3n) is 2.84. The van der Waals surface area contributed by atoms with Crippen LogP contribution < -0.4 is 4.74 Å². The van der Waals surface area contributed by atoms with Crippen LogP contribution in [-0.4, -0.2) is 19.2 Å². The van der Waals surface area contributed by atoms with Gasteiger partial charge in [-0.1, -0.05) is 43.7 Å². The number of unbranched alkanes of at least 4 members (excludes halogenated alkanes) is 1. The van der Waals surface area contributed by atoms with Crippen molar-refractivity contribution in [3.63, 3.8) is 0 Å². The Labute approximate surface area is 113 Å². The Bertz CT molecular complexity index is 548. The molecule has 2 aromatic carbocycles. The van der Waals surface area contributed by atoms with Gasteiger partial charge in [-0.05, 0) is 29.3 Å². The minimum atomic E-state index is -0.318. The molecule has 0 saturated heterocycles. The van der Waals surface area contributed by atoms with Gasteiger partial charge in [0, 0.05) is 0 Å². The molecule has 3 nitrogen and oxygen atoms in total. The summed E-state index contributed by atoms with van der Waals surface area (Å²) >= 11 is 0. The molecule has 0 N–H and O–H groups in total. The third-order valence-corrected chi connectivity index (χ3v) is 2.84. The minimum absolute atomic E-state index is 0.0396. The average molecular weight is 258 g/mol. The van der Waals surface area contributed by atoms with Crippen LogP contribution in [0, 0.1) is 0 Å². The largest absolute Gasteiger partial charge is 0.482 e. The summed E-state index contributed by atoms with van der Waals surface area (Å²) in [5, 5.41) is 2.25. The van der Waals surface area contributed by atoms with Gasteiger partial charge in [0.15, 0.2) is 6.61 Å². The van der Waals surface area contributed by atoms with Gasteiger partial charge in [0.2, 0.25) is 0 Å². The summed E-state index contributed by atoms with van der Waals surface area (Å²) in [6.45, 7) is 2.48.